The maximum Gasteiger partial charge on any atom is 0.251 e. The molecule has 26 heavy (non-hydrogen) atoms. The number of nitrogens with one attached hydrogen (secondary N) is 2. The summed E-state index contributed by atoms with van der Waals surface area (Å²) in [6.45, 7) is 0.625. The fraction of sp³-hybridized carbons (Fsp3) is 0.200. The molecule has 6 heteroatoms. The minimum Gasteiger partial charge on any atom is -0.361 e. The van der Waals surface area contributed by atoms with Gasteiger partial charge < -0.3 is 10.3 Å². The summed E-state index contributed by atoms with van der Waals surface area (Å²) >= 11 is 5.88. The lowest BCUT2D eigenvalue weighted by Gasteiger charge is -2.15. The fourth-order valence-corrected chi connectivity index (χ4v) is 3.50. The second-order valence-electron chi connectivity index (χ2n) is 6.36. The van der Waals surface area contributed by atoms with Gasteiger partial charge in [-0.3, -0.25) is 9.59 Å². The summed E-state index contributed by atoms with van der Waals surface area (Å²) in [4.78, 5) is 29.4. The van der Waals surface area contributed by atoms with E-state index in [0.717, 1.165) is 11.9 Å². The number of halogens is 1. The quantitative estimate of drug-likeness (QED) is 0.680. The van der Waals surface area contributed by atoms with Crippen LogP contribution in [-0.4, -0.2) is 29.4 Å². The first-order valence-electron chi connectivity index (χ1n) is 8.54. The van der Waals surface area contributed by atoms with Gasteiger partial charge in [-0.25, -0.2) is 4.90 Å². The lowest BCUT2D eigenvalue weighted by molar-refractivity contribution is -0.121. The number of rotatable bonds is 5. The van der Waals surface area contributed by atoms with E-state index in [1.807, 2.05) is 24.4 Å². The number of aromatic nitrogens is 1. The van der Waals surface area contributed by atoms with Crippen molar-refractivity contribution in [3.8, 4) is 0 Å². The van der Waals surface area contributed by atoms with Crippen LogP contribution in [0.1, 0.15) is 12.0 Å². The van der Waals surface area contributed by atoms with Crippen molar-refractivity contribution in [2.75, 3.05) is 11.4 Å². The third kappa shape index (κ3) is 3.11. The Kier molecular flexibility index (Phi) is 4.49. The molecule has 1 aromatic heterocycles. The Balaban J connectivity index is 1.40. The van der Waals surface area contributed by atoms with E-state index in [9.17, 15) is 9.59 Å². The van der Waals surface area contributed by atoms with Crippen LogP contribution in [-0.2, 0) is 16.0 Å². The van der Waals surface area contributed by atoms with Gasteiger partial charge in [0, 0.05) is 28.7 Å². The standard InChI is InChI=1S/C20H18ClN3O2/c21-14-5-7-15(8-6-14)24-19(25)11-18(20(24)26)22-10-9-13-12-23-17-4-2-1-3-16(13)17/h1-8,12,18,22-23H,9-11H2/t18-/m1/s1. The molecule has 2 N–H and O–H groups in total. The molecular weight excluding hydrogens is 350 g/mol. The molecule has 2 aromatic carbocycles. The molecule has 0 spiro atoms. The summed E-state index contributed by atoms with van der Waals surface area (Å²) in [5.41, 5.74) is 2.85. The van der Waals surface area contributed by atoms with Crippen molar-refractivity contribution < 1.29 is 9.59 Å². The van der Waals surface area contributed by atoms with Gasteiger partial charge in [-0.2, -0.15) is 0 Å². The molecule has 132 valence electrons. The molecule has 1 atom stereocenters. The summed E-state index contributed by atoms with van der Waals surface area (Å²) < 4.78 is 0. The maximum absolute atomic E-state index is 12.6. The maximum atomic E-state index is 12.6. The molecule has 1 saturated heterocycles. The van der Waals surface area contributed by atoms with Crippen LogP contribution in [0, 0.1) is 0 Å². The zero-order chi connectivity index (χ0) is 18.1. The lowest BCUT2D eigenvalue weighted by Crippen LogP contribution is -2.39. The molecular formula is C20H18ClN3O2. The number of H-pyrrole nitrogens is 1. The molecule has 5 nitrogen and oxygen atoms in total. The van der Waals surface area contributed by atoms with Gasteiger partial charge in [0.1, 0.15) is 0 Å². The minimum absolute atomic E-state index is 0.176. The molecule has 1 aliphatic rings. The molecule has 3 aromatic rings. The van der Waals surface area contributed by atoms with Crippen LogP contribution in [0.5, 0.6) is 0 Å². The van der Waals surface area contributed by atoms with Crippen LogP contribution in [0.2, 0.25) is 5.02 Å². The Morgan fingerprint density at radius 2 is 1.88 bits per heavy atom. The smallest absolute Gasteiger partial charge is 0.251 e. The number of para-hydroxylation sites is 1. The first-order chi connectivity index (χ1) is 12.6. The van der Waals surface area contributed by atoms with E-state index < -0.39 is 6.04 Å². The Labute approximate surface area is 155 Å². The Hall–Kier alpha value is -2.63. The third-order valence-electron chi connectivity index (χ3n) is 4.69. The van der Waals surface area contributed by atoms with Gasteiger partial charge >= 0.3 is 0 Å². The van der Waals surface area contributed by atoms with Gasteiger partial charge in [-0.1, -0.05) is 29.8 Å². The molecule has 0 radical (unpaired) electrons. The first kappa shape index (κ1) is 16.8. The van der Waals surface area contributed by atoms with Crippen molar-refractivity contribution in [2.45, 2.75) is 18.9 Å². The van der Waals surface area contributed by atoms with Gasteiger partial charge in [-0.05, 0) is 42.3 Å². The summed E-state index contributed by atoms with van der Waals surface area (Å²) in [6, 6.07) is 14.4. The number of benzene rings is 2. The van der Waals surface area contributed by atoms with Crippen LogP contribution in [0.3, 0.4) is 0 Å². The fourth-order valence-electron chi connectivity index (χ4n) is 3.37. The number of imide groups is 1. The Morgan fingerprint density at radius 1 is 1.12 bits per heavy atom. The van der Waals surface area contributed by atoms with Gasteiger partial charge in [0.15, 0.2) is 0 Å². The first-order valence-corrected chi connectivity index (χ1v) is 8.92. The Bertz CT molecular complexity index is 965. The summed E-state index contributed by atoms with van der Waals surface area (Å²) in [6.07, 6.45) is 2.95. The van der Waals surface area contributed by atoms with E-state index >= 15 is 0 Å². The van der Waals surface area contributed by atoms with Crippen LogP contribution < -0.4 is 10.2 Å². The molecule has 4 rings (SSSR count). The average Bonchev–Trinajstić information content (AvgIpc) is 3.17. The highest BCUT2D eigenvalue weighted by Gasteiger charge is 2.39. The summed E-state index contributed by atoms with van der Waals surface area (Å²) in [7, 11) is 0. The molecule has 2 amide bonds. The molecule has 1 fully saturated rings. The van der Waals surface area contributed by atoms with Crippen LogP contribution >= 0.6 is 11.6 Å². The van der Waals surface area contributed by atoms with E-state index in [4.69, 9.17) is 11.6 Å². The molecule has 0 bridgehead atoms. The van der Waals surface area contributed by atoms with Crippen molar-refractivity contribution in [1.29, 1.82) is 0 Å². The van der Waals surface area contributed by atoms with Crippen LogP contribution in [0.15, 0.2) is 54.7 Å². The van der Waals surface area contributed by atoms with E-state index in [-0.39, 0.29) is 18.2 Å². The van der Waals surface area contributed by atoms with E-state index in [1.54, 1.807) is 24.3 Å². The zero-order valence-electron chi connectivity index (χ0n) is 14.0. The predicted molar refractivity (Wildman–Crippen MR) is 102 cm³/mol. The third-order valence-corrected chi connectivity index (χ3v) is 4.94. The van der Waals surface area contributed by atoms with Gasteiger partial charge in [-0.15, -0.1) is 0 Å². The number of aromatic amines is 1. The molecule has 0 saturated carbocycles. The molecule has 1 aliphatic heterocycles. The van der Waals surface area contributed by atoms with Crippen molar-refractivity contribution in [3.05, 3.63) is 65.3 Å². The number of amides is 2. The number of nitrogens with zero attached hydrogens (tertiary/aromatic N) is 1. The number of carbonyl (C=O) groups excluding carboxylic acids is 2. The van der Waals surface area contributed by atoms with E-state index in [1.165, 1.54) is 15.8 Å². The van der Waals surface area contributed by atoms with Crippen molar-refractivity contribution >= 4 is 40.0 Å². The van der Waals surface area contributed by atoms with Gasteiger partial charge in [0.05, 0.1) is 18.2 Å². The molecule has 2 heterocycles. The van der Waals surface area contributed by atoms with Crippen molar-refractivity contribution in [1.82, 2.24) is 10.3 Å². The highest BCUT2D eigenvalue weighted by molar-refractivity contribution is 6.30. The number of fused-ring (bicyclic) bond motifs is 1. The summed E-state index contributed by atoms with van der Waals surface area (Å²) in [5.74, 6) is -0.404. The lowest BCUT2D eigenvalue weighted by atomic mass is 10.1. The number of carbonyl (C=O) groups is 2. The zero-order valence-corrected chi connectivity index (χ0v) is 14.8. The van der Waals surface area contributed by atoms with Crippen molar-refractivity contribution in [2.24, 2.45) is 0 Å². The number of anilines is 1. The highest BCUT2D eigenvalue weighted by atomic mass is 35.5. The number of hydrogen-bond donors (Lipinski definition) is 2. The normalized spacial score (nSPS) is 17.4. The average molecular weight is 368 g/mol. The summed E-state index contributed by atoms with van der Waals surface area (Å²) in [5, 5.41) is 4.98. The molecule has 0 unspecified atom stereocenters. The SMILES string of the molecule is O=C1C[C@@H](NCCc2c[nH]c3ccccc23)C(=O)N1c1ccc(Cl)cc1. The minimum atomic E-state index is -0.483. The largest absolute Gasteiger partial charge is 0.361 e. The second-order valence-corrected chi connectivity index (χ2v) is 6.80. The number of hydrogen-bond acceptors (Lipinski definition) is 3. The van der Waals surface area contributed by atoms with E-state index in [2.05, 4.69) is 16.4 Å². The second kappa shape index (κ2) is 6.94. The predicted octanol–water partition coefficient (Wildman–Crippen LogP) is 3.29. The van der Waals surface area contributed by atoms with Gasteiger partial charge in [0.25, 0.3) is 5.91 Å². The Morgan fingerprint density at radius 3 is 2.69 bits per heavy atom. The van der Waals surface area contributed by atoms with E-state index in [0.29, 0.717) is 17.3 Å². The topological polar surface area (TPSA) is 65.2 Å². The van der Waals surface area contributed by atoms with Crippen LogP contribution in [0.25, 0.3) is 10.9 Å². The monoisotopic (exact) mass is 367 g/mol. The van der Waals surface area contributed by atoms with Crippen LogP contribution in [0.4, 0.5) is 5.69 Å². The molecule has 0 aliphatic carbocycles. The van der Waals surface area contributed by atoms with Crippen molar-refractivity contribution in [3.63, 3.8) is 0 Å². The van der Waals surface area contributed by atoms with Gasteiger partial charge in [0.2, 0.25) is 5.91 Å². The highest BCUT2D eigenvalue weighted by Crippen LogP contribution is 2.24.